The van der Waals surface area contributed by atoms with Crippen molar-refractivity contribution in [3.8, 4) is 0 Å². The third-order valence-corrected chi connectivity index (χ3v) is 3.77. The smallest absolute Gasteiger partial charge is 0.275 e. The van der Waals surface area contributed by atoms with E-state index in [2.05, 4.69) is 5.32 Å². The monoisotopic (exact) mass is 276 g/mol. The summed E-state index contributed by atoms with van der Waals surface area (Å²) in [6, 6.07) is 9.77. The first-order chi connectivity index (χ1) is 9.65. The van der Waals surface area contributed by atoms with Gasteiger partial charge in [0.2, 0.25) is 0 Å². The summed E-state index contributed by atoms with van der Waals surface area (Å²) in [6.07, 6.45) is 1.20. The number of nitrogens with one attached hydrogen (secondary N) is 2. The van der Waals surface area contributed by atoms with Gasteiger partial charge in [0.05, 0.1) is 13.1 Å². The number of rotatable bonds is 5. The Kier molecular flexibility index (Phi) is 5.12. The quantitative estimate of drug-likeness (QED) is 0.676. The number of hydrogen-bond donors (Lipinski definition) is 2. The Bertz CT molecular complexity index is 453. The van der Waals surface area contributed by atoms with Gasteiger partial charge < -0.3 is 20.1 Å². The molecule has 20 heavy (non-hydrogen) atoms. The van der Waals surface area contributed by atoms with Gasteiger partial charge in [-0.2, -0.15) is 0 Å². The number of likely N-dealkylation sites (tertiary alicyclic amines) is 1. The van der Waals surface area contributed by atoms with E-state index in [0.717, 1.165) is 23.6 Å². The standard InChI is InChI=1S/C15H20N2O3/c18-14(16-10-12-4-2-1-3-5-12)11-17-8-6-13(7-9-17)15(19)20/h1-5,13H,6-11H2,(H,16,18)(H,19,20). The van der Waals surface area contributed by atoms with E-state index in [1.54, 1.807) is 0 Å². The molecule has 2 N–H and O–H groups in total. The minimum atomic E-state index is -0.961. The third-order valence-electron chi connectivity index (χ3n) is 3.77. The highest BCUT2D eigenvalue weighted by Gasteiger charge is 2.24. The number of piperidine rings is 1. The Hall–Kier alpha value is -1.88. The zero-order valence-electron chi connectivity index (χ0n) is 11.4. The molecule has 0 spiro atoms. The Labute approximate surface area is 118 Å². The second-order valence-corrected chi connectivity index (χ2v) is 5.28. The maximum Gasteiger partial charge on any atom is 0.275 e. The van der Waals surface area contributed by atoms with Gasteiger partial charge in [-0.25, -0.2) is 0 Å². The first-order valence-electron chi connectivity index (χ1n) is 7.00. The highest BCUT2D eigenvalue weighted by Crippen LogP contribution is 2.07. The minimum absolute atomic E-state index is 0.00996. The van der Waals surface area contributed by atoms with Crippen LogP contribution < -0.4 is 15.3 Å². The minimum Gasteiger partial charge on any atom is -0.550 e. The second kappa shape index (κ2) is 7.05. The normalized spacial score (nSPS) is 22.2. The summed E-state index contributed by atoms with van der Waals surface area (Å²) in [6.45, 7) is 2.38. The fraction of sp³-hybridized carbons (Fsp3) is 0.467. The number of amides is 1. The van der Waals surface area contributed by atoms with Gasteiger partial charge in [0.25, 0.3) is 5.91 Å². The molecule has 0 unspecified atom stereocenters. The van der Waals surface area contributed by atoms with E-state index in [0.29, 0.717) is 25.9 Å². The fourth-order valence-electron chi connectivity index (χ4n) is 2.52. The summed E-state index contributed by atoms with van der Waals surface area (Å²) in [4.78, 5) is 23.7. The summed E-state index contributed by atoms with van der Waals surface area (Å²) in [7, 11) is 0. The van der Waals surface area contributed by atoms with Crippen LogP contribution in [0.2, 0.25) is 0 Å². The number of carbonyl (C=O) groups excluding carboxylic acids is 2. The van der Waals surface area contributed by atoms with Gasteiger partial charge in [0.15, 0.2) is 6.54 Å². The number of aliphatic carboxylic acids is 1. The Balaban J connectivity index is 1.69. The predicted molar refractivity (Wildman–Crippen MR) is 71.6 cm³/mol. The van der Waals surface area contributed by atoms with E-state index < -0.39 is 5.97 Å². The van der Waals surface area contributed by atoms with E-state index in [1.165, 1.54) is 0 Å². The lowest BCUT2D eigenvalue weighted by Crippen LogP contribution is -3.14. The Morgan fingerprint density at radius 2 is 1.85 bits per heavy atom. The largest absolute Gasteiger partial charge is 0.550 e. The van der Waals surface area contributed by atoms with Crippen molar-refractivity contribution >= 4 is 11.9 Å². The second-order valence-electron chi connectivity index (χ2n) is 5.28. The van der Waals surface area contributed by atoms with Crippen LogP contribution in [0.25, 0.3) is 0 Å². The van der Waals surface area contributed by atoms with Gasteiger partial charge in [-0.3, -0.25) is 4.79 Å². The van der Waals surface area contributed by atoms with E-state index in [-0.39, 0.29) is 11.8 Å². The molecule has 0 saturated carbocycles. The summed E-state index contributed by atoms with van der Waals surface area (Å²) in [5.41, 5.74) is 1.08. The molecule has 1 amide bonds. The molecule has 1 saturated heterocycles. The molecule has 1 heterocycles. The molecule has 2 rings (SSSR count). The van der Waals surface area contributed by atoms with Crippen LogP contribution in [0.15, 0.2) is 30.3 Å². The van der Waals surface area contributed by atoms with Crippen molar-refractivity contribution in [2.24, 2.45) is 5.92 Å². The summed E-state index contributed by atoms with van der Waals surface area (Å²) in [5, 5.41) is 13.6. The molecule has 0 aromatic heterocycles. The molecule has 1 aromatic carbocycles. The number of benzene rings is 1. The first kappa shape index (κ1) is 14.5. The molecule has 108 valence electrons. The van der Waals surface area contributed by atoms with Gasteiger partial charge >= 0.3 is 0 Å². The topological polar surface area (TPSA) is 73.7 Å². The van der Waals surface area contributed by atoms with Gasteiger partial charge in [-0.05, 0) is 5.56 Å². The predicted octanol–water partition coefficient (Wildman–Crippen LogP) is -1.65. The Morgan fingerprint density at radius 1 is 1.20 bits per heavy atom. The average molecular weight is 276 g/mol. The van der Waals surface area contributed by atoms with Crippen LogP contribution >= 0.6 is 0 Å². The molecule has 0 radical (unpaired) electrons. The maximum atomic E-state index is 11.8. The summed E-state index contributed by atoms with van der Waals surface area (Å²) >= 11 is 0. The molecule has 0 atom stereocenters. The van der Waals surface area contributed by atoms with Crippen LogP contribution in [0.1, 0.15) is 18.4 Å². The van der Waals surface area contributed by atoms with Gasteiger partial charge in [-0.15, -0.1) is 0 Å². The number of carboxylic acid groups (broad SMARTS) is 1. The van der Waals surface area contributed by atoms with Crippen molar-refractivity contribution in [2.75, 3.05) is 19.6 Å². The summed E-state index contributed by atoms with van der Waals surface area (Å²) < 4.78 is 0. The third kappa shape index (κ3) is 4.35. The lowest BCUT2D eigenvalue weighted by atomic mass is 9.97. The van der Waals surface area contributed by atoms with Gasteiger partial charge in [0, 0.05) is 31.3 Å². The Morgan fingerprint density at radius 3 is 2.45 bits per heavy atom. The van der Waals surface area contributed by atoms with Crippen molar-refractivity contribution in [3.05, 3.63) is 35.9 Å². The van der Waals surface area contributed by atoms with Gasteiger partial charge in [-0.1, -0.05) is 30.3 Å². The van der Waals surface area contributed by atoms with Crippen molar-refractivity contribution in [2.45, 2.75) is 19.4 Å². The number of quaternary nitrogens is 1. The maximum absolute atomic E-state index is 11.8. The van der Waals surface area contributed by atoms with E-state index in [1.807, 2.05) is 30.3 Å². The lowest BCUT2D eigenvalue weighted by Gasteiger charge is -2.29. The van der Waals surface area contributed by atoms with E-state index in [4.69, 9.17) is 0 Å². The highest BCUT2D eigenvalue weighted by molar-refractivity contribution is 5.76. The van der Waals surface area contributed by atoms with Crippen molar-refractivity contribution in [3.63, 3.8) is 0 Å². The van der Waals surface area contributed by atoms with Crippen LogP contribution in [0.5, 0.6) is 0 Å². The molecular weight excluding hydrogens is 256 g/mol. The molecule has 5 heteroatoms. The summed E-state index contributed by atoms with van der Waals surface area (Å²) in [5.74, 6) is -1.29. The number of hydrogen-bond acceptors (Lipinski definition) is 3. The van der Waals surface area contributed by atoms with Crippen molar-refractivity contribution < 1.29 is 19.6 Å². The first-order valence-corrected chi connectivity index (χ1v) is 7.00. The van der Waals surface area contributed by atoms with Crippen LogP contribution in [-0.4, -0.2) is 31.5 Å². The van der Waals surface area contributed by atoms with Crippen LogP contribution in [0.4, 0.5) is 0 Å². The average Bonchev–Trinajstić information content (AvgIpc) is 2.47. The molecule has 5 nitrogen and oxygen atoms in total. The highest BCUT2D eigenvalue weighted by atomic mass is 16.4. The van der Waals surface area contributed by atoms with Crippen LogP contribution in [0.3, 0.4) is 0 Å². The molecular formula is C15H20N2O3. The fourth-order valence-corrected chi connectivity index (χ4v) is 2.52. The molecule has 1 aromatic rings. The SMILES string of the molecule is O=C(C[NH+]1CCC(C(=O)[O-])CC1)NCc1ccccc1. The van der Waals surface area contributed by atoms with Gasteiger partial charge in [0.1, 0.15) is 0 Å². The molecule has 0 bridgehead atoms. The molecule has 1 aliphatic rings. The molecule has 0 aliphatic carbocycles. The number of carboxylic acids is 1. The van der Waals surface area contributed by atoms with E-state index in [9.17, 15) is 14.7 Å². The molecule has 1 aliphatic heterocycles. The number of carbonyl (C=O) groups is 2. The van der Waals surface area contributed by atoms with Crippen LogP contribution in [0, 0.1) is 5.92 Å². The zero-order chi connectivity index (χ0) is 14.4. The zero-order valence-corrected chi connectivity index (χ0v) is 11.4. The van der Waals surface area contributed by atoms with E-state index >= 15 is 0 Å². The molecule has 1 fully saturated rings. The lowest BCUT2D eigenvalue weighted by molar-refractivity contribution is -0.897. The van der Waals surface area contributed by atoms with Crippen LogP contribution in [-0.2, 0) is 16.1 Å². The van der Waals surface area contributed by atoms with Crippen molar-refractivity contribution in [1.82, 2.24) is 5.32 Å². The van der Waals surface area contributed by atoms with Crippen molar-refractivity contribution in [1.29, 1.82) is 0 Å².